The van der Waals surface area contributed by atoms with Gasteiger partial charge < -0.3 is 47.7 Å². The summed E-state index contributed by atoms with van der Waals surface area (Å²) in [5.41, 5.74) is 14.3. The predicted octanol–water partition coefficient (Wildman–Crippen LogP) is 2.00. The largest absolute Gasteiger partial charge is 0.480 e. The van der Waals surface area contributed by atoms with Gasteiger partial charge in [0.15, 0.2) is 5.96 Å². The van der Waals surface area contributed by atoms with E-state index in [4.69, 9.17) is 11.5 Å². The number of carboxylic acid groups (broad SMARTS) is 1. The average Bonchev–Trinajstić information content (AvgIpc) is 3.61. The Morgan fingerprint density at radius 1 is 0.879 bits per heavy atom. The molecule has 58 heavy (non-hydrogen) atoms. The van der Waals surface area contributed by atoms with Crippen molar-refractivity contribution >= 4 is 52.4 Å². The lowest BCUT2D eigenvalue weighted by Gasteiger charge is -2.39. The number of fused-ring (bicyclic) bond motifs is 2. The standard InChI is InChI=1S/C42H57N9O7/c1-24(2)35(47-25(3)52)38(54)50-36(26-12-5-4-6-13-26)39(55)48-32(18-11-19-45-42(43)44)40(56)51-23-28-15-8-7-14-27(28)21-34(51)37(53)49-33(41(57)58)20-29-22-46-31-17-10-9-16-30(29)31/h7-10,14-17,22,24,26,32-36,46H,4-6,11-13,18-21,23H2,1-3H3,(H,47,52)(H,48,55)(H,49,53)(H,50,54)(H,57,58)(H4,43,44,45)/t32-,33-,34-,35-,36?/m0/s1. The average molecular weight is 800 g/mol. The van der Waals surface area contributed by atoms with Crippen LogP contribution in [-0.4, -0.2) is 93.2 Å². The third-order valence-electron chi connectivity index (χ3n) is 11.1. The summed E-state index contributed by atoms with van der Waals surface area (Å²) in [5, 5.41) is 22.3. The zero-order valence-corrected chi connectivity index (χ0v) is 33.5. The second-order valence-corrected chi connectivity index (χ2v) is 15.7. The zero-order chi connectivity index (χ0) is 41.9. The number of carbonyl (C=O) groups is 6. The molecular weight excluding hydrogens is 743 g/mol. The minimum atomic E-state index is -1.30. The van der Waals surface area contributed by atoms with Crippen LogP contribution in [0.1, 0.15) is 82.4 Å². The van der Waals surface area contributed by atoms with Crippen molar-refractivity contribution in [2.75, 3.05) is 6.54 Å². The first-order valence-electron chi connectivity index (χ1n) is 20.1. The summed E-state index contributed by atoms with van der Waals surface area (Å²) < 4.78 is 0. The molecule has 2 heterocycles. The Morgan fingerprint density at radius 3 is 2.24 bits per heavy atom. The van der Waals surface area contributed by atoms with Gasteiger partial charge in [0.2, 0.25) is 29.5 Å². The zero-order valence-electron chi connectivity index (χ0n) is 33.5. The summed E-state index contributed by atoms with van der Waals surface area (Å²) in [6.45, 7) is 5.11. The Balaban J connectivity index is 1.43. The molecule has 2 aromatic carbocycles. The Labute approximate surface area is 338 Å². The van der Waals surface area contributed by atoms with Gasteiger partial charge in [-0.2, -0.15) is 0 Å². The van der Waals surface area contributed by atoms with Crippen LogP contribution >= 0.6 is 0 Å². The maximum Gasteiger partial charge on any atom is 0.326 e. The number of amides is 5. The molecule has 1 aliphatic heterocycles. The molecule has 0 spiro atoms. The quantitative estimate of drug-likeness (QED) is 0.0564. The number of aliphatic carboxylic acids is 1. The van der Waals surface area contributed by atoms with E-state index in [0.717, 1.165) is 41.3 Å². The van der Waals surface area contributed by atoms with E-state index in [-0.39, 0.29) is 56.1 Å². The van der Waals surface area contributed by atoms with E-state index in [0.29, 0.717) is 24.8 Å². The molecule has 16 nitrogen and oxygen atoms in total. The number of aromatic amines is 1. The van der Waals surface area contributed by atoms with Crippen LogP contribution in [0.3, 0.4) is 0 Å². The first kappa shape index (κ1) is 43.2. The number of rotatable bonds is 17. The molecule has 1 saturated carbocycles. The molecule has 0 radical (unpaired) electrons. The molecule has 0 bridgehead atoms. The number of nitrogens with two attached hydrogens (primary N) is 2. The van der Waals surface area contributed by atoms with Gasteiger partial charge in [0.25, 0.3) is 0 Å². The number of H-pyrrole nitrogens is 1. The van der Waals surface area contributed by atoms with Crippen LogP contribution < -0.4 is 32.7 Å². The van der Waals surface area contributed by atoms with E-state index in [1.54, 1.807) is 20.0 Å². The minimum Gasteiger partial charge on any atom is -0.480 e. The third kappa shape index (κ3) is 11.1. The lowest BCUT2D eigenvalue weighted by atomic mass is 9.83. The summed E-state index contributed by atoms with van der Waals surface area (Å²) in [6, 6.07) is 9.41. The van der Waals surface area contributed by atoms with Crippen LogP contribution in [0.25, 0.3) is 10.9 Å². The highest BCUT2D eigenvalue weighted by atomic mass is 16.4. The van der Waals surface area contributed by atoms with Gasteiger partial charge in [-0.15, -0.1) is 0 Å². The van der Waals surface area contributed by atoms with Crippen molar-refractivity contribution in [2.45, 2.75) is 115 Å². The number of nitrogens with zero attached hydrogens (tertiary/aromatic N) is 2. The van der Waals surface area contributed by atoms with Gasteiger partial charge in [-0.1, -0.05) is 75.6 Å². The highest BCUT2D eigenvalue weighted by Crippen LogP contribution is 2.29. The van der Waals surface area contributed by atoms with Crippen molar-refractivity contribution in [3.05, 3.63) is 71.4 Å². The Bertz CT molecular complexity index is 1990. The normalized spacial score (nSPS) is 17.6. The molecule has 5 amide bonds. The van der Waals surface area contributed by atoms with Crippen LogP contribution in [0.5, 0.6) is 0 Å². The Hall–Kier alpha value is -5.93. The fourth-order valence-electron chi connectivity index (χ4n) is 8.06. The number of hydrogen-bond acceptors (Lipinski definition) is 7. The number of carbonyl (C=O) groups excluding carboxylic acids is 5. The fourth-order valence-corrected chi connectivity index (χ4v) is 8.06. The summed E-state index contributed by atoms with van der Waals surface area (Å²) in [7, 11) is 0. The van der Waals surface area contributed by atoms with E-state index < -0.39 is 59.8 Å². The van der Waals surface area contributed by atoms with E-state index in [1.807, 2.05) is 48.5 Å². The van der Waals surface area contributed by atoms with Crippen LogP contribution in [-0.2, 0) is 48.2 Å². The number of benzene rings is 2. The summed E-state index contributed by atoms with van der Waals surface area (Å²) >= 11 is 0. The molecule has 1 unspecified atom stereocenters. The maximum absolute atomic E-state index is 14.8. The van der Waals surface area contributed by atoms with Crippen LogP contribution in [0, 0.1) is 11.8 Å². The molecule has 3 aromatic rings. The van der Waals surface area contributed by atoms with Crippen LogP contribution in [0.4, 0.5) is 0 Å². The van der Waals surface area contributed by atoms with E-state index in [1.165, 1.54) is 11.8 Å². The molecule has 1 aromatic heterocycles. The number of guanidine groups is 1. The minimum absolute atomic E-state index is 0.000305. The van der Waals surface area contributed by atoms with Gasteiger partial charge >= 0.3 is 5.97 Å². The molecule has 10 N–H and O–H groups in total. The smallest absolute Gasteiger partial charge is 0.326 e. The van der Waals surface area contributed by atoms with Crippen molar-refractivity contribution in [2.24, 2.45) is 28.3 Å². The topological polar surface area (TPSA) is 254 Å². The lowest BCUT2D eigenvalue weighted by Crippen LogP contribution is -2.62. The predicted molar refractivity (Wildman–Crippen MR) is 219 cm³/mol. The molecule has 2 aliphatic rings. The first-order chi connectivity index (χ1) is 27.7. The van der Waals surface area contributed by atoms with Crippen LogP contribution in [0.15, 0.2) is 59.7 Å². The number of aromatic nitrogens is 1. The second kappa shape index (κ2) is 20.0. The molecular formula is C42H57N9O7. The number of aliphatic imine (C=N–C) groups is 1. The fraction of sp³-hybridized carbons (Fsp3) is 0.500. The van der Waals surface area contributed by atoms with Gasteiger partial charge in [0.05, 0.1) is 0 Å². The third-order valence-corrected chi connectivity index (χ3v) is 11.1. The first-order valence-corrected chi connectivity index (χ1v) is 20.1. The van der Waals surface area contributed by atoms with Crippen molar-refractivity contribution < 1.29 is 33.9 Å². The molecule has 5 atom stereocenters. The molecule has 1 fully saturated rings. The Morgan fingerprint density at radius 2 is 1.57 bits per heavy atom. The van der Waals surface area contributed by atoms with Crippen molar-refractivity contribution in [3.8, 4) is 0 Å². The van der Waals surface area contributed by atoms with E-state index >= 15 is 0 Å². The van der Waals surface area contributed by atoms with Crippen molar-refractivity contribution in [3.63, 3.8) is 0 Å². The van der Waals surface area contributed by atoms with Gasteiger partial charge in [-0.3, -0.25) is 29.0 Å². The van der Waals surface area contributed by atoms with Gasteiger partial charge in [-0.25, -0.2) is 4.79 Å². The number of para-hydroxylation sites is 1. The molecule has 5 rings (SSSR count). The lowest BCUT2D eigenvalue weighted by molar-refractivity contribution is -0.147. The number of nitrogens with one attached hydrogen (secondary N) is 5. The summed E-state index contributed by atoms with van der Waals surface area (Å²) in [6.07, 6.45) is 6.32. The van der Waals surface area contributed by atoms with Gasteiger partial charge in [0, 0.05) is 50.0 Å². The van der Waals surface area contributed by atoms with Crippen LogP contribution in [0.2, 0.25) is 0 Å². The molecule has 0 saturated heterocycles. The van der Waals surface area contributed by atoms with Crippen molar-refractivity contribution in [1.82, 2.24) is 31.2 Å². The monoisotopic (exact) mass is 799 g/mol. The van der Waals surface area contributed by atoms with E-state index in [2.05, 4.69) is 31.2 Å². The number of carboxylic acids is 1. The highest BCUT2D eigenvalue weighted by Gasteiger charge is 2.41. The highest BCUT2D eigenvalue weighted by molar-refractivity contribution is 5.96. The molecule has 16 heteroatoms. The summed E-state index contributed by atoms with van der Waals surface area (Å²) in [5.74, 6) is -4.49. The maximum atomic E-state index is 14.8. The van der Waals surface area contributed by atoms with Crippen molar-refractivity contribution in [1.29, 1.82) is 0 Å². The SMILES string of the molecule is CC(=O)N[C@H](C(=O)NC(C(=O)N[C@@H](CCCN=C(N)N)C(=O)N1Cc2ccccc2C[C@H]1C(=O)N[C@@H](Cc1c[nH]c2ccccc12)C(=O)O)C1CCCCC1)C(C)C. The second-order valence-electron chi connectivity index (χ2n) is 15.7. The summed E-state index contributed by atoms with van der Waals surface area (Å²) in [4.78, 5) is 90.3. The molecule has 312 valence electrons. The van der Waals surface area contributed by atoms with Gasteiger partial charge in [0.1, 0.15) is 30.2 Å². The van der Waals surface area contributed by atoms with E-state index in [9.17, 15) is 33.9 Å². The Kier molecular flexibility index (Phi) is 14.9. The van der Waals surface area contributed by atoms with Gasteiger partial charge in [-0.05, 0) is 60.3 Å². The number of hydrogen-bond donors (Lipinski definition) is 8. The molecule has 1 aliphatic carbocycles.